The number of rotatable bonds is 7. The van der Waals surface area contributed by atoms with Crippen molar-refractivity contribution in [2.45, 2.75) is 12.8 Å². The first-order chi connectivity index (χ1) is 8.41. The Bertz CT molecular complexity index is 223. The lowest BCUT2D eigenvalue weighted by Gasteiger charge is -2.15. The Labute approximate surface area is 104 Å². The summed E-state index contributed by atoms with van der Waals surface area (Å²) in [6, 6.07) is 0. The summed E-state index contributed by atoms with van der Waals surface area (Å²) >= 11 is 0. The lowest BCUT2D eigenvalue weighted by Crippen LogP contribution is -2.22. The largest absolute Gasteiger partial charge is 0.550 e. The van der Waals surface area contributed by atoms with Gasteiger partial charge in [0, 0.05) is 5.97 Å². The number of carbonyl (C=O) groups excluding carboxylic acids is 2. The maximum Gasteiger partial charge on any atom is 0.342 e. The molecule has 0 aliphatic rings. The lowest BCUT2D eigenvalue weighted by molar-refractivity contribution is -0.306. The van der Waals surface area contributed by atoms with Crippen molar-refractivity contribution >= 4 is 19.2 Å². The van der Waals surface area contributed by atoms with Crippen molar-refractivity contribution in [3.63, 3.8) is 0 Å². The van der Waals surface area contributed by atoms with Gasteiger partial charge in [-0.2, -0.15) is 5.26 Å². The molecule has 18 heavy (non-hydrogen) atoms. The molecule has 0 saturated carbocycles. The van der Waals surface area contributed by atoms with E-state index in [4.69, 9.17) is 25.7 Å². The molecule has 10 heteroatoms. The summed E-state index contributed by atoms with van der Waals surface area (Å²) in [6.45, 7) is 0. The third kappa shape index (κ3) is 9.23. The minimum absolute atomic E-state index is 0.295. The zero-order valence-electron chi connectivity index (χ0n) is 9.56. The van der Waals surface area contributed by atoms with Gasteiger partial charge in [-0.25, -0.2) is 4.79 Å². The minimum Gasteiger partial charge on any atom is -0.550 e. The smallest absolute Gasteiger partial charge is 0.342 e. The van der Waals surface area contributed by atoms with Gasteiger partial charge in [0.1, 0.15) is 7.26 Å². The summed E-state index contributed by atoms with van der Waals surface area (Å²) in [7, 11) is -2.20. The number of aliphatic carboxylic acids is 1. The van der Waals surface area contributed by atoms with Crippen LogP contribution in [0, 0.1) is 0 Å². The maximum absolute atomic E-state index is 9.95. The molecule has 5 N–H and O–H groups in total. The Morgan fingerprint density at radius 1 is 0.944 bits per heavy atom. The van der Waals surface area contributed by atoms with Crippen molar-refractivity contribution in [3.05, 3.63) is 0 Å². The minimum atomic E-state index is -2.20. The van der Waals surface area contributed by atoms with Crippen LogP contribution in [0.3, 0.4) is 0 Å². The monoisotopic (exact) mass is 288 g/mol. The zero-order chi connectivity index (χ0) is 14.6. The number of hydrogen-bond acceptors (Lipinski definition) is 9. The SMILES string of the molecule is O=C([O-])CCC(=O)OO.OC[P+](CO)(CO)CO. The van der Waals surface area contributed by atoms with Crippen LogP contribution in [0.4, 0.5) is 0 Å². The van der Waals surface area contributed by atoms with Crippen LogP contribution in [0.5, 0.6) is 0 Å². The number of carboxylic acids is 1. The first-order valence-electron chi connectivity index (χ1n) is 4.74. The second-order valence-corrected chi connectivity index (χ2v) is 7.06. The third-order valence-corrected chi connectivity index (χ3v) is 4.24. The molecule has 0 heterocycles. The van der Waals surface area contributed by atoms with Crippen molar-refractivity contribution in [2.75, 3.05) is 25.4 Å². The predicted molar refractivity (Wildman–Crippen MR) is 58.2 cm³/mol. The van der Waals surface area contributed by atoms with Gasteiger partial charge in [-0.3, -0.25) is 0 Å². The molecule has 0 bridgehead atoms. The molecule has 0 aliphatic heterocycles. The number of carbonyl (C=O) groups is 2. The molecule has 0 aliphatic carbocycles. The van der Waals surface area contributed by atoms with Crippen LogP contribution in [0.1, 0.15) is 12.8 Å². The van der Waals surface area contributed by atoms with Crippen molar-refractivity contribution in [1.82, 2.24) is 0 Å². The van der Waals surface area contributed by atoms with Crippen LogP contribution in [-0.2, 0) is 14.5 Å². The van der Waals surface area contributed by atoms with E-state index in [1.807, 2.05) is 0 Å². The van der Waals surface area contributed by atoms with Gasteiger partial charge < -0.3 is 35.2 Å². The Kier molecular flexibility index (Phi) is 12.2. The number of aliphatic hydroxyl groups excluding tert-OH is 4. The van der Waals surface area contributed by atoms with Crippen LogP contribution < -0.4 is 5.11 Å². The van der Waals surface area contributed by atoms with E-state index in [2.05, 4.69) is 4.89 Å². The molecular weight excluding hydrogens is 271 g/mol. The molecule has 0 atom stereocenters. The van der Waals surface area contributed by atoms with Crippen LogP contribution in [0.2, 0.25) is 0 Å². The Hall–Kier alpha value is -0.830. The fraction of sp³-hybridized carbons (Fsp3) is 0.750. The highest BCUT2D eigenvalue weighted by molar-refractivity contribution is 7.75. The van der Waals surface area contributed by atoms with Crippen molar-refractivity contribution in [1.29, 1.82) is 0 Å². The Balaban J connectivity index is 0. The van der Waals surface area contributed by atoms with E-state index in [-0.39, 0.29) is 31.8 Å². The van der Waals surface area contributed by atoms with Crippen molar-refractivity contribution in [2.24, 2.45) is 0 Å². The van der Waals surface area contributed by atoms with Gasteiger partial charge in [-0.1, -0.05) is 0 Å². The highest BCUT2D eigenvalue weighted by Crippen LogP contribution is 2.54. The second-order valence-electron chi connectivity index (χ2n) is 3.24. The second kappa shape index (κ2) is 11.3. The first kappa shape index (κ1) is 19.5. The quantitative estimate of drug-likeness (QED) is 0.190. The number of aliphatic hydroxyl groups is 4. The molecule has 0 fully saturated rings. The molecule has 0 spiro atoms. The van der Waals surface area contributed by atoms with E-state index < -0.39 is 25.6 Å². The molecule has 0 amide bonds. The van der Waals surface area contributed by atoms with Gasteiger partial charge in [-0.15, -0.1) is 0 Å². The topological polar surface area (TPSA) is 168 Å². The molecule has 0 rings (SSSR count). The summed E-state index contributed by atoms with van der Waals surface area (Å²) in [6.07, 6.45) is -1.97. The molecule has 0 radical (unpaired) electrons. The maximum atomic E-state index is 9.95. The predicted octanol–water partition coefficient (Wildman–Crippen LogP) is -2.66. The molecular formula is C8H17O9P. The van der Waals surface area contributed by atoms with E-state index in [9.17, 15) is 14.7 Å². The van der Waals surface area contributed by atoms with Gasteiger partial charge in [0.05, 0.1) is 6.42 Å². The summed E-state index contributed by atoms with van der Waals surface area (Å²) in [4.78, 5) is 22.7. The van der Waals surface area contributed by atoms with E-state index >= 15 is 0 Å². The molecule has 9 nitrogen and oxygen atoms in total. The van der Waals surface area contributed by atoms with Crippen LogP contribution in [0.25, 0.3) is 0 Å². The first-order valence-corrected chi connectivity index (χ1v) is 7.27. The average molecular weight is 288 g/mol. The van der Waals surface area contributed by atoms with Crippen molar-refractivity contribution in [3.8, 4) is 0 Å². The fourth-order valence-corrected chi connectivity index (χ4v) is 1.05. The van der Waals surface area contributed by atoms with Gasteiger partial charge >= 0.3 is 5.97 Å². The molecule has 108 valence electrons. The van der Waals surface area contributed by atoms with Gasteiger partial charge in [-0.05, 0) is 6.42 Å². The average Bonchev–Trinajstić information content (AvgIpc) is 2.40. The van der Waals surface area contributed by atoms with E-state index in [1.54, 1.807) is 0 Å². The highest BCUT2D eigenvalue weighted by Gasteiger charge is 2.34. The van der Waals surface area contributed by atoms with Crippen LogP contribution in [-0.4, -0.2) is 63.0 Å². The summed E-state index contributed by atoms with van der Waals surface area (Å²) in [5, 5.41) is 51.4. The Morgan fingerprint density at radius 3 is 1.50 bits per heavy atom. The molecule has 0 aromatic rings. The van der Waals surface area contributed by atoms with E-state index in [1.165, 1.54) is 0 Å². The summed E-state index contributed by atoms with van der Waals surface area (Å²) in [5.41, 5.74) is 0. The normalized spacial score (nSPS) is 10.3. The van der Waals surface area contributed by atoms with Crippen LogP contribution >= 0.6 is 7.26 Å². The molecule has 0 unspecified atom stereocenters. The lowest BCUT2D eigenvalue weighted by atomic mass is 10.3. The van der Waals surface area contributed by atoms with E-state index in [0.717, 1.165) is 0 Å². The fourth-order valence-electron chi connectivity index (χ4n) is 0.518. The number of hydrogen-bond donors (Lipinski definition) is 5. The number of carboxylic acid groups (broad SMARTS) is 1. The van der Waals surface area contributed by atoms with Crippen LogP contribution in [0.15, 0.2) is 0 Å². The molecule has 0 aromatic heterocycles. The standard InChI is InChI=1S/C4H6O5.C4H12O4P/c5-3(6)1-2-4(7)9-8;5-1-9(2-6,3-7)4-8/h8H,1-2H2,(H,5,6);5-8H,1-4H2/q;+1/p-1. The van der Waals surface area contributed by atoms with Gasteiger partial charge in [0.25, 0.3) is 0 Å². The van der Waals surface area contributed by atoms with Gasteiger partial charge in [0.15, 0.2) is 25.4 Å². The Morgan fingerprint density at radius 2 is 1.33 bits per heavy atom. The zero-order valence-corrected chi connectivity index (χ0v) is 10.5. The van der Waals surface area contributed by atoms with E-state index in [0.29, 0.717) is 0 Å². The van der Waals surface area contributed by atoms with Gasteiger partial charge in [0.2, 0.25) is 0 Å². The summed E-state index contributed by atoms with van der Waals surface area (Å²) in [5.74, 6) is -2.32. The van der Waals surface area contributed by atoms with Crippen molar-refractivity contribution < 1.29 is 45.3 Å². The molecule has 0 aromatic carbocycles. The highest BCUT2D eigenvalue weighted by atomic mass is 31.2. The molecule has 0 saturated heterocycles. The summed E-state index contributed by atoms with van der Waals surface area (Å²) < 4.78 is 0. The third-order valence-electron chi connectivity index (χ3n) is 1.84.